The van der Waals surface area contributed by atoms with Crippen LogP contribution in [0.15, 0.2) is 268 Å². The lowest BCUT2D eigenvalue weighted by Crippen LogP contribution is -1.99. The number of hydrogen-bond acceptors (Lipinski definition) is 9. The molecule has 79 heavy (non-hydrogen) atoms. The number of aryl methyl sites for hydroxylation is 5. The van der Waals surface area contributed by atoms with Crippen molar-refractivity contribution in [1.82, 2.24) is 44.9 Å². The highest BCUT2D eigenvalue weighted by atomic mass is 15.0. The normalized spacial score (nSPS) is 10.3. The van der Waals surface area contributed by atoms with Gasteiger partial charge in [0.25, 0.3) is 0 Å². The van der Waals surface area contributed by atoms with Gasteiger partial charge in [0.1, 0.15) is 5.82 Å². The number of aromatic nitrogens is 9. The van der Waals surface area contributed by atoms with E-state index >= 15 is 0 Å². The fraction of sp³-hybridized carbons (Fsp3) is 0.0714. The van der Waals surface area contributed by atoms with E-state index in [9.17, 15) is 0 Å². The van der Waals surface area contributed by atoms with E-state index in [1.165, 1.54) is 54.9 Å². The first-order valence-electron chi connectivity index (χ1n) is 26.0. The molecule has 0 radical (unpaired) electrons. The van der Waals surface area contributed by atoms with Gasteiger partial charge in [0.05, 0.1) is 11.4 Å². The van der Waals surface area contributed by atoms with E-state index in [1.807, 2.05) is 142 Å². The molecule has 7 aromatic heterocycles. The average molecular weight is 1030 g/mol. The van der Waals surface area contributed by atoms with Crippen molar-refractivity contribution in [2.75, 3.05) is 0 Å². The van der Waals surface area contributed by atoms with E-state index in [2.05, 4.69) is 169 Å². The number of fused-ring (bicyclic) bond motifs is 2. The minimum Gasteiger partial charge on any atom is -0.265 e. The zero-order valence-electron chi connectivity index (χ0n) is 44.9. The van der Waals surface area contributed by atoms with Gasteiger partial charge in [-0.15, -0.1) is 0 Å². The number of rotatable bonds is 6. The van der Waals surface area contributed by atoms with Crippen molar-refractivity contribution in [3.8, 4) is 67.5 Å². The summed E-state index contributed by atoms with van der Waals surface area (Å²) < 4.78 is 0. The van der Waals surface area contributed by atoms with Crippen LogP contribution in [0.3, 0.4) is 0 Å². The minimum absolute atomic E-state index is 0.705. The SMILES string of the molecule is Cc1cccc(-c2cccnc2)c1.Cc1cccc(-c2ccncc2)c1.Cc1cccc(-c2ccncc2)n1.Cc1cccc(-c2ccncc2)n1.Cc1nc(-c2ccc3ccccc3c2)nc(-c2ccc3ccccc3c2)n1. The summed E-state index contributed by atoms with van der Waals surface area (Å²) in [5.41, 5.74) is 15.7. The number of nitrogens with zero attached hydrogens (tertiary/aromatic N) is 9. The lowest BCUT2D eigenvalue weighted by molar-refractivity contribution is 0.992. The van der Waals surface area contributed by atoms with Crippen LogP contribution in [0.25, 0.3) is 89.1 Å². The van der Waals surface area contributed by atoms with E-state index in [4.69, 9.17) is 4.98 Å². The van der Waals surface area contributed by atoms with E-state index < -0.39 is 0 Å². The van der Waals surface area contributed by atoms with Crippen LogP contribution in [-0.4, -0.2) is 44.9 Å². The summed E-state index contributed by atoms with van der Waals surface area (Å²) in [6.45, 7) is 10.1. The molecule has 9 heteroatoms. The van der Waals surface area contributed by atoms with E-state index in [1.54, 1.807) is 31.0 Å². The molecule has 384 valence electrons. The second-order valence-electron chi connectivity index (χ2n) is 18.7. The summed E-state index contributed by atoms with van der Waals surface area (Å²) in [7, 11) is 0. The van der Waals surface area contributed by atoms with Crippen molar-refractivity contribution in [3.05, 3.63) is 296 Å². The Bertz CT molecular complexity index is 3600. The molecule has 13 rings (SSSR count). The molecule has 0 aliphatic carbocycles. The third-order valence-electron chi connectivity index (χ3n) is 12.5. The molecule has 0 aliphatic rings. The van der Waals surface area contributed by atoms with Crippen molar-refractivity contribution in [2.24, 2.45) is 0 Å². The summed E-state index contributed by atoms with van der Waals surface area (Å²) >= 11 is 0. The monoisotopic (exact) mass is 1030 g/mol. The molecule has 13 aromatic rings. The Balaban J connectivity index is 0.000000126. The fourth-order valence-corrected chi connectivity index (χ4v) is 8.58. The van der Waals surface area contributed by atoms with Crippen LogP contribution >= 0.6 is 0 Å². The molecule has 0 bridgehead atoms. The van der Waals surface area contributed by atoms with Gasteiger partial charge in [-0.05, 0) is 157 Å². The highest BCUT2D eigenvalue weighted by Crippen LogP contribution is 2.27. The predicted molar refractivity (Wildman–Crippen MR) is 324 cm³/mol. The van der Waals surface area contributed by atoms with Crippen molar-refractivity contribution in [1.29, 1.82) is 0 Å². The zero-order valence-corrected chi connectivity index (χ0v) is 44.9. The van der Waals surface area contributed by atoms with Crippen LogP contribution in [0.4, 0.5) is 0 Å². The average Bonchev–Trinajstić information content (AvgIpc) is 3.52. The van der Waals surface area contributed by atoms with Crippen LogP contribution in [0.5, 0.6) is 0 Å². The zero-order chi connectivity index (χ0) is 54.6. The molecule has 0 saturated heterocycles. The summed E-state index contributed by atoms with van der Waals surface area (Å²) in [5.74, 6) is 2.13. The van der Waals surface area contributed by atoms with Gasteiger partial charge in [-0.3, -0.25) is 29.9 Å². The minimum atomic E-state index is 0.705. The standard InChI is InChI=1S/C24H17N3.2C12H11N.2C11H10N2/c1-16-25-23(21-12-10-17-6-2-4-8-19(17)14-21)27-24(26-16)22-13-11-18-7-3-5-9-20(18)15-22;1-10-4-2-5-11(8-10)12-6-3-7-13-9-12;1-10-3-2-4-12(9-10)11-5-7-13-8-6-11;2*1-9-3-2-4-11(13-9)10-5-7-12-8-6-10/h2-15H,1H3;2*2-9H,1H3;2*2-8H,1H3. The molecule has 0 amide bonds. The van der Waals surface area contributed by atoms with Gasteiger partial charge >= 0.3 is 0 Å². The van der Waals surface area contributed by atoms with Gasteiger partial charge in [0.15, 0.2) is 11.6 Å². The second kappa shape index (κ2) is 27.0. The first-order chi connectivity index (χ1) is 38.7. The number of benzene rings is 6. The molecule has 0 aliphatic heterocycles. The molecule has 0 saturated carbocycles. The third-order valence-corrected chi connectivity index (χ3v) is 12.5. The Labute approximate surface area is 462 Å². The quantitative estimate of drug-likeness (QED) is 0.160. The molecular weight excluding hydrogens is 967 g/mol. The first-order valence-corrected chi connectivity index (χ1v) is 26.0. The molecule has 0 atom stereocenters. The molecule has 6 aromatic carbocycles. The van der Waals surface area contributed by atoms with E-state index in [-0.39, 0.29) is 0 Å². The van der Waals surface area contributed by atoms with Crippen LogP contribution < -0.4 is 0 Å². The molecule has 0 spiro atoms. The van der Waals surface area contributed by atoms with Gasteiger partial charge in [-0.1, -0.05) is 151 Å². The van der Waals surface area contributed by atoms with Gasteiger partial charge in [0, 0.05) is 83.2 Å². The summed E-state index contributed by atoms with van der Waals surface area (Å²) in [5, 5.41) is 4.78. The molecular formula is C70H59N9. The Morgan fingerprint density at radius 1 is 0.241 bits per heavy atom. The maximum Gasteiger partial charge on any atom is 0.163 e. The number of hydrogen-bond donors (Lipinski definition) is 0. The molecule has 9 nitrogen and oxygen atoms in total. The molecule has 0 unspecified atom stereocenters. The van der Waals surface area contributed by atoms with E-state index in [0.717, 1.165) is 50.9 Å². The number of pyridine rings is 6. The topological polar surface area (TPSA) is 116 Å². The third kappa shape index (κ3) is 15.4. The van der Waals surface area contributed by atoms with E-state index in [0.29, 0.717) is 11.6 Å². The van der Waals surface area contributed by atoms with Gasteiger partial charge in [-0.25, -0.2) is 15.0 Å². The highest BCUT2D eigenvalue weighted by Gasteiger charge is 2.10. The molecule has 0 fully saturated rings. The maximum atomic E-state index is 4.77. The highest BCUT2D eigenvalue weighted by molar-refractivity contribution is 5.88. The smallest absolute Gasteiger partial charge is 0.163 e. The fourth-order valence-electron chi connectivity index (χ4n) is 8.58. The van der Waals surface area contributed by atoms with Crippen molar-refractivity contribution in [3.63, 3.8) is 0 Å². The van der Waals surface area contributed by atoms with Gasteiger partial charge in [-0.2, -0.15) is 0 Å². The lowest BCUT2D eigenvalue weighted by Gasteiger charge is -2.08. The Kier molecular flexibility index (Phi) is 18.3. The van der Waals surface area contributed by atoms with Crippen LogP contribution in [0, 0.1) is 34.6 Å². The molecule has 7 heterocycles. The van der Waals surface area contributed by atoms with Crippen LogP contribution in [-0.2, 0) is 0 Å². The van der Waals surface area contributed by atoms with Crippen molar-refractivity contribution < 1.29 is 0 Å². The largest absolute Gasteiger partial charge is 0.265 e. The first kappa shape index (κ1) is 53.6. The summed E-state index contributed by atoms with van der Waals surface area (Å²) in [6, 6.07) is 74.1. The Morgan fingerprint density at radius 2 is 0.658 bits per heavy atom. The molecule has 0 N–H and O–H groups in total. The Hall–Kier alpha value is -10.3. The Morgan fingerprint density at radius 3 is 1.09 bits per heavy atom. The van der Waals surface area contributed by atoms with Gasteiger partial charge < -0.3 is 0 Å². The lowest BCUT2D eigenvalue weighted by atomic mass is 10.1. The maximum absolute atomic E-state index is 4.77. The van der Waals surface area contributed by atoms with Crippen LogP contribution in [0.1, 0.15) is 28.3 Å². The van der Waals surface area contributed by atoms with Crippen molar-refractivity contribution in [2.45, 2.75) is 34.6 Å². The van der Waals surface area contributed by atoms with Crippen molar-refractivity contribution >= 4 is 21.5 Å². The summed E-state index contributed by atoms with van der Waals surface area (Å²) in [4.78, 5) is 38.8. The summed E-state index contributed by atoms with van der Waals surface area (Å²) in [6.07, 6.45) is 14.4. The predicted octanol–water partition coefficient (Wildman–Crippen LogP) is 16.8. The van der Waals surface area contributed by atoms with Gasteiger partial charge in [0.2, 0.25) is 0 Å². The second-order valence-corrected chi connectivity index (χ2v) is 18.7. The van der Waals surface area contributed by atoms with Crippen LogP contribution in [0.2, 0.25) is 0 Å².